The molecular formula is C15H22O2. The zero-order chi connectivity index (χ0) is 12.1. The molecule has 1 fully saturated rings. The molecular weight excluding hydrogens is 212 g/mol. The van der Waals surface area contributed by atoms with Gasteiger partial charge in [-0.3, -0.25) is 0 Å². The van der Waals surface area contributed by atoms with Crippen molar-refractivity contribution in [2.75, 3.05) is 6.61 Å². The molecule has 0 bridgehead atoms. The molecule has 0 radical (unpaired) electrons. The molecule has 0 aromatic heterocycles. The van der Waals surface area contributed by atoms with Crippen LogP contribution in [-0.4, -0.2) is 17.8 Å². The Morgan fingerprint density at radius 2 is 1.82 bits per heavy atom. The fourth-order valence-electron chi connectivity index (χ4n) is 2.39. The largest absolute Gasteiger partial charge is 0.386 e. The minimum absolute atomic E-state index is 0.351. The van der Waals surface area contributed by atoms with E-state index >= 15 is 0 Å². The smallest absolute Gasteiger partial charge is 0.102 e. The fourth-order valence-corrected chi connectivity index (χ4v) is 2.39. The molecule has 1 aliphatic rings. The standard InChI is InChI=1S/C15H22O2/c1-12-7-9-14(10-8-12)17-11-15(16)13-5-3-2-4-6-13/h2-6,12,14-16H,7-11H2,1H3. The van der Waals surface area contributed by atoms with E-state index < -0.39 is 6.10 Å². The molecule has 17 heavy (non-hydrogen) atoms. The number of aliphatic hydroxyl groups is 1. The highest BCUT2D eigenvalue weighted by Gasteiger charge is 2.19. The van der Waals surface area contributed by atoms with E-state index in [4.69, 9.17) is 4.74 Å². The summed E-state index contributed by atoms with van der Waals surface area (Å²) in [6, 6.07) is 9.73. The van der Waals surface area contributed by atoms with Gasteiger partial charge in [0.2, 0.25) is 0 Å². The first-order chi connectivity index (χ1) is 8.25. The molecule has 1 saturated carbocycles. The summed E-state index contributed by atoms with van der Waals surface area (Å²) in [5, 5.41) is 9.98. The third-order valence-corrected chi connectivity index (χ3v) is 3.64. The summed E-state index contributed by atoms with van der Waals surface area (Å²) in [5.74, 6) is 0.842. The first-order valence-corrected chi connectivity index (χ1v) is 6.60. The van der Waals surface area contributed by atoms with E-state index in [1.807, 2.05) is 30.3 Å². The lowest BCUT2D eigenvalue weighted by atomic mass is 9.89. The van der Waals surface area contributed by atoms with Crippen LogP contribution in [0.2, 0.25) is 0 Å². The maximum atomic E-state index is 9.98. The number of hydrogen-bond acceptors (Lipinski definition) is 2. The van der Waals surface area contributed by atoms with Crippen LogP contribution in [-0.2, 0) is 4.74 Å². The van der Waals surface area contributed by atoms with E-state index in [1.54, 1.807) is 0 Å². The van der Waals surface area contributed by atoms with Gasteiger partial charge in [-0.25, -0.2) is 0 Å². The maximum Gasteiger partial charge on any atom is 0.102 e. The second-order valence-electron chi connectivity index (χ2n) is 5.14. The lowest BCUT2D eigenvalue weighted by Crippen LogP contribution is -2.22. The van der Waals surface area contributed by atoms with Crippen LogP contribution >= 0.6 is 0 Å². The van der Waals surface area contributed by atoms with Gasteiger partial charge in [0.1, 0.15) is 6.10 Å². The zero-order valence-corrected chi connectivity index (χ0v) is 10.5. The van der Waals surface area contributed by atoms with Crippen LogP contribution in [0.1, 0.15) is 44.3 Å². The van der Waals surface area contributed by atoms with Gasteiger partial charge in [-0.1, -0.05) is 37.3 Å². The van der Waals surface area contributed by atoms with Crippen molar-refractivity contribution in [2.45, 2.75) is 44.8 Å². The molecule has 0 spiro atoms. The van der Waals surface area contributed by atoms with E-state index in [9.17, 15) is 5.11 Å². The Bertz CT molecular complexity index is 315. The Morgan fingerprint density at radius 3 is 2.47 bits per heavy atom. The number of ether oxygens (including phenoxy) is 1. The van der Waals surface area contributed by atoms with Crippen molar-refractivity contribution in [3.8, 4) is 0 Å². The molecule has 0 heterocycles. The molecule has 2 heteroatoms. The van der Waals surface area contributed by atoms with Crippen LogP contribution in [0, 0.1) is 5.92 Å². The summed E-state index contributed by atoms with van der Waals surface area (Å²) < 4.78 is 5.80. The topological polar surface area (TPSA) is 29.5 Å². The summed E-state index contributed by atoms with van der Waals surface area (Å²) in [4.78, 5) is 0. The predicted octanol–water partition coefficient (Wildman–Crippen LogP) is 3.32. The molecule has 94 valence electrons. The van der Waals surface area contributed by atoms with Crippen LogP contribution in [0.5, 0.6) is 0 Å². The van der Waals surface area contributed by atoms with Crippen molar-refractivity contribution in [1.82, 2.24) is 0 Å². The van der Waals surface area contributed by atoms with Crippen LogP contribution < -0.4 is 0 Å². The Morgan fingerprint density at radius 1 is 1.18 bits per heavy atom. The van der Waals surface area contributed by atoms with Gasteiger partial charge in [0.05, 0.1) is 12.7 Å². The highest BCUT2D eigenvalue weighted by molar-refractivity contribution is 5.17. The summed E-state index contributed by atoms with van der Waals surface area (Å²) in [5.41, 5.74) is 0.941. The Kier molecular flexibility index (Phi) is 4.57. The maximum absolute atomic E-state index is 9.98. The van der Waals surface area contributed by atoms with Crippen molar-refractivity contribution >= 4 is 0 Å². The molecule has 1 atom stereocenters. The normalized spacial score (nSPS) is 26.7. The van der Waals surface area contributed by atoms with Crippen molar-refractivity contribution in [2.24, 2.45) is 5.92 Å². The van der Waals surface area contributed by atoms with Gasteiger partial charge in [0.25, 0.3) is 0 Å². The second-order valence-corrected chi connectivity index (χ2v) is 5.14. The van der Waals surface area contributed by atoms with Crippen LogP contribution in [0.15, 0.2) is 30.3 Å². The predicted molar refractivity (Wildman–Crippen MR) is 68.8 cm³/mol. The lowest BCUT2D eigenvalue weighted by Gasteiger charge is -2.27. The quantitative estimate of drug-likeness (QED) is 0.866. The molecule has 1 N–H and O–H groups in total. The number of benzene rings is 1. The molecule has 1 aromatic rings. The average molecular weight is 234 g/mol. The van der Waals surface area contributed by atoms with Gasteiger partial charge in [0, 0.05) is 0 Å². The second kappa shape index (κ2) is 6.18. The minimum Gasteiger partial charge on any atom is -0.386 e. The first kappa shape index (κ1) is 12.6. The first-order valence-electron chi connectivity index (χ1n) is 6.60. The van der Waals surface area contributed by atoms with E-state index in [0.717, 1.165) is 24.3 Å². The van der Waals surface area contributed by atoms with Gasteiger partial charge in [-0.2, -0.15) is 0 Å². The van der Waals surface area contributed by atoms with E-state index in [-0.39, 0.29) is 0 Å². The van der Waals surface area contributed by atoms with E-state index in [2.05, 4.69) is 6.92 Å². The molecule has 1 aromatic carbocycles. The van der Waals surface area contributed by atoms with Gasteiger partial charge in [0.15, 0.2) is 0 Å². The van der Waals surface area contributed by atoms with Crippen molar-refractivity contribution in [1.29, 1.82) is 0 Å². The van der Waals surface area contributed by atoms with Crippen molar-refractivity contribution < 1.29 is 9.84 Å². The van der Waals surface area contributed by atoms with Gasteiger partial charge in [-0.15, -0.1) is 0 Å². The minimum atomic E-state index is -0.490. The van der Waals surface area contributed by atoms with Crippen LogP contribution in [0.4, 0.5) is 0 Å². The molecule has 0 amide bonds. The third-order valence-electron chi connectivity index (χ3n) is 3.64. The summed E-state index contributed by atoms with van der Waals surface area (Å²) in [6.07, 6.45) is 4.66. The third kappa shape index (κ3) is 3.83. The van der Waals surface area contributed by atoms with Crippen molar-refractivity contribution in [3.63, 3.8) is 0 Å². The van der Waals surface area contributed by atoms with E-state index in [1.165, 1.54) is 12.8 Å². The Hall–Kier alpha value is -0.860. The number of hydrogen-bond donors (Lipinski definition) is 1. The molecule has 0 saturated heterocycles. The summed E-state index contributed by atoms with van der Waals surface area (Å²) >= 11 is 0. The zero-order valence-electron chi connectivity index (χ0n) is 10.5. The number of rotatable bonds is 4. The van der Waals surface area contributed by atoms with Gasteiger partial charge in [-0.05, 0) is 37.2 Å². The monoisotopic (exact) mass is 234 g/mol. The highest BCUT2D eigenvalue weighted by Crippen LogP contribution is 2.26. The molecule has 1 unspecified atom stereocenters. The van der Waals surface area contributed by atoms with Crippen LogP contribution in [0.25, 0.3) is 0 Å². The Labute approximate surface area is 104 Å². The lowest BCUT2D eigenvalue weighted by molar-refractivity contribution is -0.0294. The van der Waals surface area contributed by atoms with Gasteiger partial charge < -0.3 is 9.84 Å². The van der Waals surface area contributed by atoms with Crippen LogP contribution in [0.3, 0.4) is 0 Å². The highest BCUT2D eigenvalue weighted by atomic mass is 16.5. The molecule has 0 aliphatic heterocycles. The Balaban J connectivity index is 1.75. The molecule has 2 nitrogen and oxygen atoms in total. The fraction of sp³-hybridized carbons (Fsp3) is 0.600. The summed E-state index contributed by atoms with van der Waals surface area (Å²) in [6.45, 7) is 2.72. The van der Waals surface area contributed by atoms with E-state index in [0.29, 0.717) is 12.7 Å². The van der Waals surface area contributed by atoms with Gasteiger partial charge >= 0.3 is 0 Å². The SMILES string of the molecule is CC1CCC(OCC(O)c2ccccc2)CC1. The number of aliphatic hydroxyl groups excluding tert-OH is 1. The molecule has 2 rings (SSSR count). The van der Waals surface area contributed by atoms with Crippen molar-refractivity contribution in [3.05, 3.63) is 35.9 Å². The summed E-state index contributed by atoms with van der Waals surface area (Å²) in [7, 11) is 0. The average Bonchev–Trinajstić information content (AvgIpc) is 2.39. The molecule has 1 aliphatic carbocycles.